The van der Waals surface area contributed by atoms with Crippen molar-refractivity contribution in [2.75, 3.05) is 0 Å². The predicted molar refractivity (Wildman–Crippen MR) is 42.1 cm³/mol. The molecule has 1 atom stereocenters. The van der Waals surface area contributed by atoms with Crippen LogP contribution in [0.5, 0.6) is 0 Å². The third-order valence-electron chi connectivity index (χ3n) is 1.21. The van der Waals surface area contributed by atoms with E-state index in [0.29, 0.717) is 0 Å². The van der Waals surface area contributed by atoms with E-state index in [1.54, 1.807) is 0 Å². The van der Waals surface area contributed by atoms with Gasteiger partial charge in [0.05, 0.1) is 0 Å². The summed E-state index contributed by atoms with van der Waals surface area (Å²) in [6.07, 6.45) is -1.24. The molecule has 2 amide bonds. The number of esters is 1. The Bertz CT molecular complexity index is 228. The van der Waals surface area contributed by atoms with Crippen LogP contribution in [0.25, 0.3) is 0 Å². The molecule has 7 nitrogen and oxygen atoms in total. The van der Waals surface area contributed by atoms with Gasteiger partial charge in [0.25, 0.3) is 0 Å². The Morgan fingerprint density at radius 2 is 1.77 bits per heavy atom. The van der Waals surface area contributed by atoms with Crippen molar-refractivity contribution in [2.24, 2.45) is 17.2 Å². The van der Waals surface area contributed by atoms with Crippen LogP contribution in [0.3, 0.4) is 0 Å². The minimum atomic E-state index is -1.22. The number of hydrogen-bond donors (Lipinski definition) is 3. The molecule has 7 heteroatoms. The zero-order chi connectivity index (χ0) is 10.4. The van der Waals surface area contributed by atoms with Crippen molar-refractivity contribution < 1.29 is 19.1 Å². The van der Waals surface area contributed by atoms with Gasteiger partial charge in [-0.05, 0) is 6.42 Å². The highest BCUT2D eigenvalue weighted by atomic mass is 16.6. The van der Waals surface area contributed by atoms with E-state index >= 15 is 0 Å². The summed E-state index contributed by atoms with van der Waals surface area (Å²) >= 11 is 0. The summed E-state index contributed by atoms with van der Waals surface area (Å²) in [6, 6.07) is -1.06. The minimum Gasteiger partial charge on any atom is -0.375 e. The first-order valence-corrected chi connectivity index (χ1v) is 3.48. The molecule has 0 saturated carbocycles. The molecule has 0 saturated heterocycles. The Balaban J connectivity index is 3.82. The molecule has 0 aliphatic rings. The summed E-state index contributed by atoms with van der Waals surface area (Å²) in [5.41, 5.74) is 14.6. The molecule has 0 rings (SSSR count). The van der Waals surface area contributed by atoms with E-state index in [9.17, 15) is 14.4 Å². The minimum absolute atomic E-state index is 0.0292. The fourth-order valence-electron chi connectivity index (χ4n) is 0.590. The molecule has 0 fully saturated rings. The first kappa shape index (κ1) is 11.4. The van der Waals surface area contributed by atoms with Crippen molar-refractivity contribution in [3.8, 4) is 0 Å². The Hall–Kier alpha value is -1.63. The van der Waals surface area contributed by atoms with Crippen LogP contribution in [0.4, 0.5) is 4.79 Å². The highest BCUT2D eigenvalue weighted by Crippen LogP contribution is 1.96. The Morgan fingerprint density at radius 3 is 2.15 bits per heavy atom. The molecule has 0 unspecified atom stereocenters. The van der Waals surface area contributed by atoms with Gasteiger partial charge in [-0.15, -0.1) is 0 Å². The lowest BCUT2D eigenvalue weighted by molar-refractivity contribution is -0.138. The number of carbonyl (C=O) groups excluding carboxylic acids is 3. The molecule has 0 aliphatic heterocycles. The van der Waals surface area contributed by atoms with Gasteiger partial charge < -0.3 is 21.9 Å². The predicted octanol–water partition coefficient (Wildman–Crippen LogP) is -1.80. The van der Waals surface area contributed by atoms with E-state index in [1.807, 2.05) is 0 Å². The van der Waals surface area contributed by atoms with Crippen LogP contribution in [0.2, 0.25) is 0 Å². The van der Waals surface area contributed by atoms with Crippen LogP contribution in [-0.2, 0) is 14.3 Å². The normalized spacial score (nSPS) is 11.8. The Kier molecular flexibility index (Phi) is 4.45. The summed E-state index contributed by atoms with van der Waals surface area (Å²) in [7, 11) is 0. The van der Waals surface area contributed by atoms with Crippen molar-refractivity contribution in [1.82, 2.24) is 0 Å². The molecule has 13 heavy (non-hydrogen) atoms. The third-order valence-corrected chi connectivity index (χ3v) is 1.21. The number of primary amides is 2. The van der Waals surface area contributed by atoms with Crippen LogP contribution >= 0.6 is 0 Å². The maximum Gasteiger partial charge on any atom is 0.412 e. The molecule has 0 radical (unpaired) electrons. The standard InChI is InChI=1S/C6H11N3O4/c7-3(1-2-4(8)10)5(11)13-6(9)12/h3H,1-2,7H2,(H2,8,10)(H2,9,12)/t3-/m0/s1. The van der Waals surface area contributed by atoms with Gasteiger partial charge in [0.2, 0.25) is 5.91 Å². The van der Waals surface area contributed by atoms with Crippen molar-refractivity contribution in [2.45, 2.75) is 18.9 Å². The quantitative estimate of drug-likeness (QED) is 0.353. The Labute approximate surface area is 74.2 Å². The third kappa shape index (κ3) is 5.62. The van der Waals surface area contributed by atoms with Crippen LogP contribution in [0.15, 0.2) is 0 Å². The highest BCUT2D eigenvalue weighted by molar-refractivity contribution is 5.87. The zero-order valence-electron chi connectivity index (χ0n) is 6.86. The van der Waals surface area contributed by atoms with E-state index in [-0.39, 0.29) is 12.8 Å². The van der Waals surface area contributed by atoms with Crippen LogP contribution < -0.4 is 17.2 Å². The summed E-state index contributed by atoms with van der Waals surface area (Å²) in [4.78, 5) is 31.1. The molecule has 0 aromatic rings. The number of hydrogen-bond acceptors (Lipinski definition) is 5. The van der Waals surface area contributed by atoms with Gasteiger partial charge in [-0.25, -0.2) is 9.59 Å². The van der Waals surface area contributed by atoms with Gasteiger partial charge in [-0.1, -0.05) is 0 Å². The van der Waals surface area contributed by atoms with Gasteiger partial charge in [-0.3, -0.25) is 4.79 Å². The fraction of sp³-hybridized carbons (Fsp3) is 0.500. The molecule has 0 aliphatic carbocycles. The zero-order valence-corrected chi connectivity index (χ0v) is 6.86. The van der Waals surface area contributed by atoms with Crippen molar-refractivity contribution in [1.29, 1.82) is 0 Å². The SMILES string of the molecule is NC(=O)CC[C@H](N)C(=O)OC(N)=O. The van der Waals surface area contributed by atoms with Gasteiger partial charge >= 0.3 is 12.1 Å². The molecule has 0 heterocycles. The number of nitrogens with two attached hydrogens (primary N) is 3. The fourth-order valence-corrected chi connectivity index (χ4v) is 0.590. The number of amides is 2. The molecule has 0 bridgehead atoms. The number of rotatable bonds is 4. The van der Waals surface area contributed by atoms with Crippen LogP contribution in [-0.4, -0.2) is 24.0 Å². The summed E-state index contributed by atoms with van der Waals surface area (Å²) < 4.78 is 3.97. The van der Waals surface area contributed by atoms with E-state index in [2.05, 4.69) is 10.5 Å². The Morgan fingerprint density at radius 1 is 1.23 bits per heavy atom. The van der Waals surface area contributed by atoms with Crippen LogP contribution in [0, 0.1) is 0 Å². The van der Waals surface area contributed by atoms with Crippen molar-refractivity contribution in [3.05, 3.63) is 0 Å². The average Bonchev–Trinajstić information content (AvgIpc) is 1.98. The highest BCUT2D eigenvalue weighted by Gasteiger charge is 2.17. The molecule has 0 aromatic heterocycles. The van der Waals surface area contributed by atoms with E-state index in [1.165, 1.54) is 0 Å². The lowest BCUT2D eigenvalue weighted by Gasteiger charge is -2.06. The number of ether oxygens (including phenoxy) is 1. The second-order valence-corrected chi connectivity index (χ2v) is 2.35. The monoisotopic (exact) mass is 189 g/mol. The average molecular weight is 189 g/mol. The van der Waals surface area contributed by atoms with Gasteiger partial charge in [0.15, 0.2) is 0 Å². The van der Waals surface area contributed by atoms with E-state index < -0.39 is 24.0 Å². The molecular formula is C6H11N3O4. The largest absolute Gasteiger partial charge is 0.412 e. The van der Waals surface area contributed by atoms with Gasteiger partial charge in [-0.2, -0.15) is 0 Å². The maximum atomic E-state index is 10.8. The summed E-state index contributed by atoms with van der Waals surface area (Å²) in [5, 5.41) is 0. The van der Waals surface area contributed by atoms with Crippen molar-refractivity contribution in [3.63, 3.8) is 0 Å². The van der Waals surface area contributed by atoms with Gasteiger partial charge in [0.1, 0.15) is 6.04 Å². The summed E-state index contributed by atoms with van der Waals surface area (Å²) in [6.45, 7) is 0. The lowest BCUT2D eigenvalue weighted by Crippen LogP contribution is -2.36. The first-order chi connectivity index (χ1) is 5.93. The van der Waals surface area contributed by atoms with Crippen molar-refractivity contribution >= 4 is 18.0 Å². The molecule has 0 aromatic carbocycles. The molecule has 0 spiro atoms. The van der Waals surface area contributed by atoms with Crippen LogP contribution in [0.1, 0.15) is 12.8 Å². The molecule has 74 valence electrons. The molecular weight excluding hydrogens is 178 g/mol. The number of carbonyl (C=O) groups is 3. The molecule has 6 N–H and O–H groups in total. The second-order valence-electron chi connectivity index (χ2n) is 2.35. The lowest BCUT2D eigenvalue weighted by atomic mass is 10.2. The van der Waals surface area contributed by atoms with E-state index in [0.717, 1.165) is 0 Å². The first-order valence-electron chi connectivity index (χ1n) is 3.48. The van der Waals surface area contributed by atoms with E-state index in [4.69, 9.17) is 11.5 Å². The second kappa shape index (κ2) is 5.09. The topological polar surface area (TPSA) is 138 Å². The maximum absolute atomic E-state index is 10.8. The van der Waals surface area contributed by atoms with Gasteiger partial charge in [0, 0.05) is 6.42 Å². The smallest absolute Gasteiger partial charge is 0.375 e. The summed E-state index contributed by atoms with van der Waals surface area (Å²) in [5.74, 6) is -1.55.